The second kappa shape index (κ2) is 12.5. The molecule has 0 fully saturated rings. The molecule has 10 rings (SSSR count). The highest BCUT2D eigenvalue weighted by Crippen LogP contribution is 2.42. The minimum atomic E-state index is 0.348. The minimum absolute atomic E-state index is 0.348. The molecule has 0 bridgehead atoms. The molecule has 0 saturated carbocycles. The van der Waals surface area contributed by atoms with E-state index in [1.807, 2.05) is 12.4 Å². The van der Waals surface area contributed by atoms with Crippen LogP contribution in [0.25, 0.3) is 60.8 Å². The monoisotopic (exact) mass is 700 g/mol. The predicted octanol–water partition coefficient (Wildman–Crippen LogP) is 12.6. The van der Waals surface area contributed by atoms with E-state index in [0.29, 0.717) is 11.8 Å². The normalized spacial score (nSPS) is 12.0. The fourth-order valence-corrected chi connectivity index (χ4v) is 8.46. The largest absolute Gasteiger partial charge is 0.310 e. The van der Waals surface area contributed by atoms with Crippen molar-refractivity contribution in [2.45, 2.75) is 39.5 Å². The van der Waals surface area contributed by atoms with Gasteiger partial charge in [0.2, 0.25) is 5.95 Å². The lowest BCUT2D eigenvalue weighted by Gasteiger charge is -2.26. The van der Waals surface area contributed by atoms with Crippen LogP contribution in [0.4, 0.5) is 17.1 Å². The predicted molar refractivity (Wildman–Crippen MR) is 225 cm³/mol. The fraction of sp³-hybridized carbons (Fsp3) is 0.125. The molecule has 0 radical (unpaired) electrons. The van der Waals surface area contributed by atoms with Gasteiger partial charge in [0.1, 0.15) is 5.65 Å². The Labute approximate surface area is 314 Å². The Hall–Kier alpha value is -6.66. The molecular formula is C48H40N6. The summed E-state index contributed by atoms with van der Waals surface area (Å²) >= 11 is 0. The van der Waals surface area contributed by atoms with E-state index in [1.54, 1.807) is 0 Å². The first-order valence-corrected chi connectivity index (χ1v) is 18.8. The molecule has 6 heteroatoms. The van der Waals surface area contributed by atoms with Gasteiger partial charge in [-0.05, 0) is 76.9 Å². The second-order valence-electron chi connectivity index (χ2n) is 14.8. The van der Waals surface area contributed by atoms with Crippen LogP contribution < -0.4 is 4.90 Å². The van der Waals surface area contributed by atoms with E-state index in [-0.39, 0.29) is 0 Å². The Morgan fingerprint density at radius 2 is 1.09 bits per heavy atom. The highest BCUT2D eigenvalue weighted by molar-refractivity contribution is 6.13. The van der Waals surface area contributed by atoms with Crippen molar-refractivity contribution in [2.75, 3.05) is 4.90 Å². The Bertz CT molecular complexity index is 2990. The number of imidazole rings is 2. The van der Waals surface area contributed by atoms with Crippen LogP contribution in [0.3, 0.4) is 0 Å². The lowest BCUT2D eigenvalue weighted by Crippen LogP contribution is -2.12. The van der Waals surface area contributed by atoms with Gasteiger partial charge in [0, 0.05) is 63.4 Å². The molecule has 54 heavy (non-hydrogen) atoms. The number of nitrogens with zero attached hydrogens (tertiary/aromatic N) is 6. The van der Waals surface area contributed by atoms with Crippen LogP contribution >= 0.6 is 0 Å². The summed E-state index contributed by atoms with van der Waals surface area (Å²) in [4.78, 5) is 12.3. The van der Waals surface area contributed by atoms with Gasteiger partial charge >= 0.3 is 0 Å². The maximum absolute atomic E-state index is 5.11. The Morgan fingerprint density at radius 1 is 0.481 bits per heavy atom. The molecule has 4 aromatic heterocycles. The zero-order chi connectivity index (χ0) is 36.5. The van der Waals surface area contributed by atoms with Crippen LogP contribution in [0.15, 0.2) is 158 Å². The first-order valence-electron chi connectivity index (χ1n) is 18.8. The summed E-state index contributed by atoms with van der Waals surface area (Å²) in [5, 5.41) is 5.88. The van der Waals surface area contributed by atoms with Crippen molar-refractivity contribution in [3.05, 3.63) is 169 Å². The number of hydrogen-bond donors (Lipinski definition) is 0. The molecule has 0 aliphatic rings. The highest BCUT2D eigenvalue weighted by Gasteiger charge is 2.23. The molecule has 0 amide bonds. The van der Waals surface area contributed by atoms with Crippen LogP contribution in [0.5, 0.6) is 0 Å². The first-order chi connectivity index (χ1) is 26.5. The summed E-state index contributed by atoms with van der Waals surface area (Å²) in [5.74, 6) is 1.57. The average Bonchev–Trinajstić information content (AvgIpc) is 3.96. The number of hydrogen-bond acceptors (Lipinski definition) is 3. The molecule has 262 valence electrons. The fourth-order valence-electron chi connectivity index (χ4n) is 8.46. The van der Waals surface area contributed by atoms with Crippen molar-refractivity contribution in [3.63, 3.8) is 0 Å². The Morgan fingerprint density at radius 3 is 1.83 bits per heavy atom. The van der Waals surface area contributed by atoms with E-state index in [9.17, 15) is 0 Å². The maximum Gasteiger partial charge on any atom is 0.219 e. The van der Waals surface area contributed by atoms with Crippen molar-refractivity contribution in [1.29, 1.82) is 0 Å². The summed E-state index contributed by atoms with van der Waals surface area (Å²) in [6.45, 7) is 9.10. The molecule has 0 N–H and O–H groups in total. The van der Waals surface area contributed by atoms with Crippen LogP contribution in [-0.4, -0.2) is 23.5 Å². The van der Waals surface area contributed by atoms with Crippen molar-refractivity contribution >= 4 is 66.2 Å². The van der Waals surface area contributed by atoms with Gasteiger partial charge in [-0.25, -0.2) is 9.97 Å². The lowest BCUT2D eigenvalue weighted by atomic mass is 9.92. The SMILES string of the molecule is CC(C)c1cccc(C(C)C)c1-n1ccnc1-n1c2ccccc2c2ccc(N(c3ccccc3)c3ccc4c5ccccc5n5ccnc5c4c3)cc21. The summed E-state index contributed by atoms with van der Waals surface area (Å²) in [7, 11) is 0. The minimum Gasteiger partial charge on any atom is -0.310 e. The smallest absolute Gasteiger partial charge is 0.219 e. The maximum atomic E-state index is 5.11. The third kappa shape index (κ3) is 4.87. The van der Waals surface area contributed by atoms with E-state index < -0.39 is 0 Å². The zero-order valence-corrected chi connectivity index (χ0v) is 30.8. The van der Waals surface area contributed by atoms with E-state index in [0.717, 1.165) is 50.6 Å². The van der Waals surface area contributed by atoms with Gasteiger partial charge in [-0.3, -0.25) is 13.5 Å². The molecule has 0 aliphatic heterocycles. The van der Waals surface area contributed by atoms with Gasteiger partial charge in [-0.2, -0.15) is 0 Å². The summed E-state index contributed by atoms with van der Waals surface area (Å²) < 4.78 is 6.85. The third-order valence-electron chi connectivity index (χ3n) is 10.9. The summed E-state index contributed by atoms with van der Waals surface area (Å²) in [5.41, 5.74) is 11.4. The molecule has 6 aromatic carbocycles. The number of pyridine rings is 1. The van der Waals surface area contributed by atoms with Gasteiger partial charge < -0.3 is 4.90 Å². The number of anilines is 3. The quantitative estimate of drug-likeness (QED) is 0.155. The van der Waals surface area contributed by atoms with Crippen LogP contribution in [-0.2, 0) is 0 Å². The molecule has 0 atom stereocenters. The lowest BCUT2D eigenvalue weighted by molar-refractivity contribution is 0.796. The molecule has 6 nitrogen and oxygen atoms in total. The first kappa shape index (κ1) is 32.0. The van der Waals surface area contributed by atoms with Crippen molar-refractivity contribution in [3.8, 4) is 11.6 Å². The summed E-state index contributed by atoms with van der Waals surface area (Å²) in [6.07, 6.45) is 8.01. The van der Waals surface area contributed by atoms with Crippen molar-refractivity contribution < 1.29 is 0 Å². The molecule has 0 saturated heterocycles. The van der Waals surface area contributed by atoms with Crippen molar-refractivity contribution in [2.24, 2.45) is 0 Å². The van der Waals surface area contributed by atoms with Gasteiger partial charge in [0.25, 0.3) is 0 Å². The van der Waals surface area contributed by atoms with Crippen LogP contribution in [0.2, 0.25) is 0 Å². The van der Waals surface area contributed by atoms with Crippen LogP contribution in [0.1, 0.15) is 50.7 Å². The molecule has 10 aromatic rings. The molecular weight excluding hydrogens is 661 g/mol. The zero-order valence-electron chi connectivity index (χ0n) is 30.8. The number of aromatic nitrogens is 5. The van der Waals surface area contributed by atoms with E-state index in [2.05, 4.69) is 192 Å². The van der Waals surface area contributed by atoms with E-state index >= 15 is 0 Å². The van der Waals surface area contributed by atoms with E-state index in [4.69, 9.17) is 9.97 Å². The summed E-state index contributed by atoms with van der Waals surface area (Å²) in [6, 6.07) is 48.3. The Balaban J connectivity index is 1.23. The number of fused-ring (bicyclic) bond motifs is 9. The highest BCUT2D eigenvalue weighted by atomic mass is 15.2. The molecule has 4 heterocycles. The van der Waals surface area contributed by atoms with E-state index in [1.165, 1.54) is 38.4 Å². The van der Waals surface area contributed by atoms with Crippen molar-refractivity contribution in [1.82, 2.24) is 23.5 Å². The van der Waals surface area contributed by atoms with Gasteiger partial charge in [0.15, 0.2) is 0 Å². The Kier molecular flexibility index (Phi) is 7.41. The molecule has 0 aliphatic carbocycles. The molecule has 0 unspecified atom stereocenters. The van der Waals surface area contributed by atoms with Gasteiger partial charge in [-0.1, -0.05) is 113 Å². The topological polar surface area (TPSA) is 43.3 Å². The standard InChI is InChI=1S/C48H40N6/c1-31(2)36-17-12-18-37(32(3)4)46(36)52-28-26-50-48(52)54-44-20-11-9-16-40(44)41-24-22-35(30-45(41)54)53(33-13-6-5-7-14-33)34-21-23-38-39-15-8-10-19-43(39)51-27-25-49-47(51)42(38)29-34/h5-32H,1-4H3. The average molecular weight is 701 g/mol. The van der Waals surface area contributed by atoms with Crippen LogP contribution in [0, 0.1) is 0 Å². The molecule has 0 spiro atoms. The second-order valence-corrected chi connectivity index (χ2v) is 14.8. The number of benzene rings is 6. The number of para-hydroxylation sites is 4. The van der Waals surface area contributed by atoms with Gasteiger partial charge in [-0.15, -0.1) is 0 Å². The third-order valence-corrected chi connectivity index (χ3v) is 10.9. The van der Waals surface area contributed by atoms with Gasteiger partial charge in [0.05, 0.1) is 22.2 Å². The number of rotatable bonds is 7.